The van der Waals surface area contributed by atoms with E-state index in [-0.39, 0.29) is 19.2 Å². The first-order chi connectivity index (χ1) is 19.3. The van der Waals surface area contributed by atoms with E-state index in [0.717, 1.165) is 36.3 Å². The fourth-order valence-corrected chi connectivity index (χ4v) is 19.0. The Bertz CT molecular complexity index is 1230. The van der Waals surface area contributed by atoms with E-state index < -0.39 is 42.5 Å². The van der Waals surface area contributed by atoms with Crippen molar-refractivity contribution < 1.29 is 22.1 Å². The van der Waals surface area contributed by atoms with Crippen LogP contribution in [0.2, 0.25) is 44.8 Å². The molecule has 2 saturated heterocycles. The molecule has 1 aromatic heterocycles. The van der Waals surface area contributed by atoms with Crippen LogP contribution in [0.5, 0.6) is 0 Å². The van der Waals surface area contributed by atoms with Crippen molar-refractivity contribution in [3.63, 3.8) is 0 Å². The minimum Gasteiger partial charge on any atom is -0.437 e. The highest BCUT2D eigenvalue weighted by molar-refractivity contribution is 6.86. The standard InChI is InChI=1S/C27H51N3O8Si3/c1-8-9-14-28-25(31)29(27(33)30(26(28)32)19-22-20-35-22)15-10-16-40(6,34-2)38-41(7,37-39(3,4)5)17-13-21-11-12-23-24(18-21)36-23/h21-24H,8-20H2,1-7H3. The summed E-state index contributed by atoms with van der Waals surface area (Å²) in [5.41, 5.74) is -1.66. The summed E-state index contributed by atoms with van der Waals surface area (Å²) in [6, 6.07) is 1.52. The van der Waals surface area contributed by atoms with Crippen LogP contribution in [0, 0.1) is 5.92 Å². The molecule has 1 aliphatic carbocycles. The Morgan fingerprint density at radius 2 is 1.46 bits per heavy atom. The smallest absolute Gasteiger partial charge is 0.336 e. The number of aromatic nitrogens is 3. The number of unbranched alkanes of at least 4 members (excludes halogenated alkanes) is 1. The fraction of sp³-hybridized carbons (Fsp3) is 0.889. The van der Waals surface area contributed by atoms with E-state index in [1.54, 1.807) is 7.11 Å². The SMILES string of the molecule is CCCCn1c(=O)n(CCC[Si](C)(OC)O[Si](C)(CCC2CCC3OC3C2)O[Si](C)(C)C)c(=O)n(CC2CO2)c1=O. The third-order valence-corrected chi connectivity index (χ3v) is 19.4. The third-order valence-electron chi connectivity index (χ3n) is 8.43. The van der Waals surface area contributed by atoms with Crippen LogP contribution >= 0.6 is 0 Å². The first-order valence-electron chi connectivity index (χ1n) is 15.4. The Balaban J connectivity index is 1.46. The molecule has 6 atom stereocenters. The molecule has 0 amide bonds. The van der Waals surface area contributed by atoms with E-state index in [4.69, 9.17) is 22.1 Å². The van der Waals surface area contributed by atoms with Crippen LogP contribution in [-0.4, -0.2) is 71.2 Å². The monoisotopic (exact) mass is 629 g/mol. The Morgan fingerprint density at radius 1 is 0.829 bits per heavy atom. The molecule has 0 spiro atoms. The molecule has 6 unspecified atom stereocenters. The molecule has 234 valence electrons. The van der Waals surface area contributed by atoms with E-state index in [0.29, 0.717) is 50.2 Å². The highest BCUT2D eigenvalue weighted by atomic mass is 28.5. The molecule has 1 saturated carbocycles. The molecule has 1 aromatic rings. The zero-order valence-electron chi connectivity index (χ0n) is 26.1. The molecule has 3 aliphatic rings. The summed E-state index contributed by atoms with van der Waals surface area (Å²) in [4.78, 5) is 39.5. The second-order valence-corrected chi connectivity index (χ2v) is 25.2. The fourth-order valence-electron chi connectivity index (χ4n) is 6.11. The van der Waals surface area contributed by atoms with Gasteiger partial charge >= 0.3 is 34.2 Å². The van der Waals surface area contributed by atoms with Crippen molar-refractivity contribution >= 4 is 25.4 Å². The molecule has 0 aromatic carbocycles. The molecule has 2 aliphatic heterocycles. The lowest BCUT2D eigenvalue weighted by atomic mass is 9.88. The summed E-state index contributed by atoms with van der Waals surface area (Å²) in [6.45, 7) is 14.0. The summed E-state index contributed by atoms with van der Waals surface area (Å²) in [5.74, 6) is 0.647. The molecule has 14 heteroatoms. The Kier molecular flexibility index (Phi) is 10.6. The predicted octanol–water partition coefficient (Wildman–Crippen LogP) is 3.38. The number of hydrogen-bond donors (Lipinski definition) is 0. The summed E-state index contributed by atoms with van der Waals surface area (Å²) in [5, 5.41) is 0. The normalized spacial score (nSPS) is 26.7. The second-order valence-electron chi connectivity index (χ2n) is 13.4. The predicted molar refractivity (Wildman–Crippen MR) is 164 cm³/mol. The Morgan fingerprint density at radius 3 is 2.02 bits per heavy atom. The topological polar surface area (TPSA) is 119 Å². The minimum absolute atomic E-state index is 0.149. The number of ether oxygens (including phenoxy) is 2. The molecular formula is C27H51N3O8Si3. The van der Waals surface area contributed by atoms with Crippen molar-refractivity contribution in [2.75, 3.05) is 13.7 Å². The molecule has 0 bridgehead atoms. The quantitative estimate of drug-likeness (QED) is 0.190. The third kappa shape index (κ3) is 8.94. The van der Waals surface area contributed by atoms with Gasteiger partial charge in [-0.3, -0.25) is 0 Å². The summed E-state index contributed by atoms with van der Waals surface area (Å²) in [7, 11) is -5.46. The van der Waals surface area contributed by atoms with Gasteiger partial charge < -0.3 is 22.1 Å². The van der Waals surface area contributed by atoms with Crippen LogP contribution in [0.1, 0.15) is 51.9 Å². The van der Waals surface area contributed by atoms with Gasteiger partial charge in [-0.25, -0.2) is 28.1 Å². The van der Waals surface area contributed by atoms with Crippen molar-refractivity contribution in [2.24, 2.45) is 5.92 Å². The molecule has 41 heavy (non-hydrogen) atoms. The van der Waals surface area contributed by atoms with E-state index >= 15 is 0 Å². The Hall–Kier alpha value is -1.14. The Labute approximate surface area is 246 Å². The lowest BCUT2D eigenvalue weighted by Crippen LogP contribution is -2.56. The summed E-state index contributed by atoms with van der Waals surface area (Å²) >= 11 is 0. The number of rotatable bonds is 17. The van der Waals surface area contributed by atoms with E-state index in [1.165, 1.54) is 15.6 Å². The first kappa shape index (κ1) is 32.8. The number of hydrogen-bond acceptors (Lipinski definition) is 8. The van der Waals surface area contributed by atoms with Gasteiger partial charge in [0.25, 0.3) is 0 Å². The van der Waals surface area contributed by atoms with Gasteiger partial charge in [0.1, 0.15) is 0 Å². The molecule has 0 N–H and O–H groups in total. The maximum Gasteiger partial charge on any atom is 0.336 e. The van der Waals surface area contributed by atoms with Crippen LogP contribution in [0.15, 0.2) is 14.4 Å². The van der Waals surface area contributed by atoms with Crippen molar-refractivity contribution in [3.8, 4) is 0 Å². The molecule has 3 heterocycles. The average molecular weight is 630 g/mol. The van der Waals surface area contributed by atoms with Gasteiger partial charge in [0.05, 0.1) is 31.5 Å². The maximum absolute atomic E-state index is 13.3. The van der Waals surface area contributed by atoms with Crippen molar-refractivity contribution in [3.05, 3.63) is 31.5 Å². The van der Waals surface area contributed by atoms with Gasteiger partial charge in [0.2, 0.25) is 0 Å². The lowest BCUT2D eigenvalue weighted by molar-refractivity contribution is 0.261. The van der Waals surface area contributed by atoms with Crippen LogP contribution in [0.25, 0.3) is 0 Å². The van der Waals surface area contributed by atoms with Gasteiger partial charge in [-0.2, -0.15) is 0 Å². The number of epoxide rings is 2. The van der Waals surface area contributed by atoms with Crippen LogP contribution in [-0.2, 0) is 41.8 Å². The van der Waals surface area contributed by atoms with Gasteiger partial charge in [-0.15, -0.1) is 0 Å². The van der Waals surface area contributed by atoms with E-state index in [1.807, 2.05) is 6.92 Å². The van der Waals surface area contributed by atoms with Crippen LogP contribution < -0.4 is 17.1 Å². The largest absolute Gasteiger partial charge is 0.437 e. The maximum atomic E-state index is 13.3. The molecule has 4 rings (SSSR count). The van der Waals surface area contributed by atoms with Crippen molar-refractivity contribution in [1.82, 2.24) is 13.7 Å². The number of nitrogens with zero attached hydrogens (tertiary/aromatic N) is 3. The van der Waals surface area contributed by atoms with Crippen LogP contribution in [0.3, 0.4) is 0 Å². The summed E-state index contributed by atoms with van der Waals surface area (Å²) in [6.07, 6.45) is 7.44. The van der Waals surface area contributed by atoms with Crippen LogP contribution in [0.4, 0.5) is 0 Å². The zero-order valence-corrected chi connectivity index (χ0v) is 29.1. The average Bonchev–Trinajstić information content (AvgIpc) is 3.82. The second kappa shape index (κ2) is 13.2. The van der Waals surface area contributed by atoms with Gasteiger partial charge in [0.15, 0.2) is 8.32 Å². The van der Waals surface area contributed by atoms with Gasteiger partial charge in [-0.05, 0) is 89.3 Å². The van der Waals surface area contributed by atoms with Crippen molar-refractivity contribution in [1.29, 1.82) is 0 Å². The first-order valence-corrected chi connectivity index (χ1v) is 23.9. The molecule has 3 fully saturated rings. The highest BCUT2D eigenvalue weighted by Gasteiger charge is 2.47. The molecule has 0 radical (unpaired) electrons. The van der Waals surface area contributed by atoms with Gasteiger partial charge in [-0.1, -0.05) is 13.3 Å². The minimum atomic E-state index is -2.69. The molecule has 11 nitrogen and oxygen atoms in total. The molecular weight excluding hydrogens is 579 g/mol. The zero-order chi connectivity index (χ0) is 30.0. The highest BCUT2D eigenvalue weighted by Crippen LogP contribution is 2.42. The number of fused-ring (bicyclic) bond motifs is 1. The lowest BCUT2D eigenvalue weighted by Gasteiger charge is -2.40. The van der Waals surface area contributed by atoms with E-state index in [2.05, 4.69) is 32.7 Å². The van der Waals surface area contributed by atoms with Crippen molar-refractivity contribution in [2.45, 2.75) is 135 Å². The van der Waals surface area contributed by atoms with E-state index in [9.17, 15) is 14.4 Å². The summed E-state index contributed by atoms with van der Waals surface area (Å²) < 4.78 is 34.4. The van der Waals surface area contributed by atoms with Gasteiger partial charge in [0, 0.05) is 20.2 Å².